The summed E-state index contributed by atoms with van der Waals surface area (Å²) in [5.41, 5.74) is 4.91. The van der Waals surface area contributed by atoms with Crippen molar-refractivity contribution in [3.63, 3.8) is 0 Å². The van der Waals surface area contributed by atoms with Crippen LogP contribution in [0.4, 0.5) is 11.4 Å². The van der Waals surface area contributed by atoms with E-state index < -0.39 is 11.8 Å². The van der Waals surface area contributed by atoms with Crippen LogP contribution in [0.1, 0.15) is 5.56 Å². The maximum atomic E-state index is 12.7. The van der Waals surface area contributed by atoms with E-state index in [9.17, 15) is 9.59 Å². The van der Waals surface area contributed by atoms with Crippen LogP contribution in [0.25, 0.3) is 6.08 Å². The molecule has 1 saturated heterocycles. The number of carbonyl (C=O) groups excluding carboxylic acids is 2. The second-order valence-corrected chi connectivity index (χ2v) is 7.26. The second-order valence-electron chi connectivity index (χ2n) is 6.07. The molecule has 1 N–H and O–H groups in total. The number of hydrazine groups is 1. The van der Waals surface area contributed by atoms with Gasteiger partial charge in [-0.25, -0.2) is 5.01 Å². The van der Waals surface area contributed by atoms with Crippen LogP contribution in [0.5, 0.6) is 0 Å². The molecule has 28 heavy (non-hydrogen) atoms. The van der Waals surface area contributed by atoms with Crippen molar-refractivity contribution in [3.05, 3.63) is 64.7 Å². The van der Waals surface area contributed by atoms with E-state index in [0.29, 0.717) is 35.6 Å². The first-order valence-corrected chi connectivity index (χ1v) is 10.1. The molecule has 146 valence electrons. The van der Waals surface area contributed by atoms with E-state index in [0.717, 1.165) is 11.3 Å². The minimum atomic E-state index is -0.449. The summed E-state index contributed by atoms with van der Waals surface area (Å²) >= 11 is 17.6. The van der Waals surface area contributed by atoms with Crippen LogP contribution in [0.2, 0.25) is 5.02 Å². The van der Waals surface area contributed by atoms with E-state index >= 15 is 0 Å². The molecule has 0 atom stereocenters. The number of nitrogens with one attached hydrogen (secondary N) is 1. The van der Waals surface area contributed by atoms with Crippen LogP contribution in [0.3, 0.4) is 0 Å². The Kier molecular flexibility index (Phi) is 6.83. The van der Waals surface area contributed by atoms with Gasteiger partial charge in [0.25, 0.3) is 11.8 Å². The molecular weight excluding hydrogens is 421 g/mol. The number of nitrogens with zero attached hydrogens (tertiary/aromatic N) is 2. The van der Waals surface area contributed by atoms with Crippen molar-refractivity contribution in [2.45, 2.75) is 0 Å². The van der Waals surface area contributed by atoms with Gasteiger partial charge in [0, 0.05) is 35.6 Å². The number of alkyl halides is 2. The number of amides is 2. The van der Waals surface area contributed by atoms with Gasteiger partial charge in [-0.2, -0.15) is 0 Å². The normalized spacial score (nSPS) is 15.2. The molecule has 1 fully saturated rings. The standard InChI is InChI=1S/C20H18Cl3N3O2/c21-9-11-25(12-10-22)16-5-1-14(2-6-16)13-18-19(27)24-26(20(18)28)17-7-3-15(23)4-8-17/h1-8,13H,9-12H2,(H,24,27). The molecule has 2 aromatic carbocycles. The fraction of sp³-hybridized carbons (Fsp3) is 0.200. The van der Waals surface area contributed by atoms with Crippen molar-refractivity contribution in [1.29, 1.82) is 0 Å². The van der Waals surface area contributed by atoms with Crippen molar-refractivity contribution in [1.82, 2.24) is 5.43 Å². The molecule has 2 aromatic rings. The first-order chi connectivity index (χ1) is 13.5. The summed E-state index contributed by atoms with van der Waals surface area (Å²) in [7, 11) is 0. The molecule has 0 unspecified atom stereocenters. The molecule has 5 nitrogen and oxygen atoms in total. The highest BCUT2D eigenvalue weighted by atomic mass is 35.5. The van der Waals surface area contributed by atoms with E-state index in [-0.39, 0.29) is 5.57 Å². The Balaban J connectivity index is 1.80. The van der Waals surface area contributed by atoms with Crippen molar-refractivity contribution in [2.75, 3.05) is 34.8 Å². The van der Waals surface area contributed by atoms with Gasteiger partial charge in [-0.3, -0.25) is 15.0 Å². The summed E-state index contributed by atoms with van der Waals surface area (Å²) in [6.07, 6.45) is 1.57. The van der Waals surface area contributed by atoms with Gasteiger partial charge in [0.15, 0.2) is 0 Å². The Morgan fingerprint density at radius 1 is 0.929 bits per heavy atom. The summed E-state index contributed by atoms with van der Waals surface area (Å²) in [6.45, 7) is 1.37. The molecule has 2 amide bonds. The van der Waals surface area contributed by atoms with E-state index in [2.05, 4.69) is 10.3 Å². The van der Waals surface area contributed by atoms with Gasteiger partial charge >= 0.3 is 0 Å². The zero-order chi connectivity index (χ0) is 20.1. The number of benzene rings is 2. The number of halogens is 3. The Bertz CT molecular complexity index is 877. The molecule has 0 bridgehead atoms. The minimum Gasteiger partial charge on any atom is -0.369 e. The lowest BCUT2D eigenvalue weighted by Crippen LogP contribution is -2.35. The van der Waals surface area contributed by atoms with E-state index in [1.165, 1.54) is 5.01 Å². The molecule has 0 saturated carbocycles. The highest BCUT2D eigenvalue weighted by Gasteiger charge is 2.34. The largest absolute Gasteiger partial charge is 0.369 e. The molecule has 0 radical (unpaired) electrons. The van der Waals surface area contributed by atoms with Crippen molar-refractivity contribution < 1.29 is 9.59 Å². The second kappa shape index (κ2) is 9.32. The lowest BCUT2D eigenvalue weighted by atomic mass is 10.1. The third-order valence-corrected chi connectivity index (χ3v) is 4.84. The van der Waals surface area contributed by atoms with Gasteiger partial charge in [0.1, 0.15) is 5.57 Å². The van der Waals surface area contributed by atoms with Crippen molar-refractivity contribution >= 4 is 64.1 Å². The van der Waals surface area contributed by atoms with Gasteiger partial charge < -0.3 is 4.90 Å². The summed E-state index contributed by atoms with van der Waals surface area (Å²) in [4.78, 5) is 27.0. The van der Waals surface area contributed by atoms with Crippen LogP contribution in [0, 0.1) is 0 Å². The average molecular weight is 439 g/mol. The number of carbonyl (C=O) groups is 2. The fourth-order valence-electron chi connectivity index (χ4n) is 2.85. The molecule has 0 spiro atoms. The predicted molar refractivity (Wildman–Crippen MR) is 115 cm³/mol. The Labute approximate surface area is 178 Å². The fourth-order valence-corrected chi connectivity index (χ4v) is 3.39. The van der Waals surface area contributed by atoms with Crippen LogP contribution < -0.4 is 15.3 Å². The molecule has 0 aliphatic carbocycles. The Morgan fingerprint density at radius 2 is 1.54 bits per heavy atom. The molecular formula is C20H18Cl3N3O2. The van der Waals surface area contributed by atoms with Crippen molar-refractivity contribution in [2.24, 2.45) is 0 Å². The maximum absolute atomic E-state index is 12.7. The Hall–Kier alpha value is -2.21. The molecule has 1 aliphatic rings. The summed E-state index contributed by atoms with van der Waals surface area (Å²) < 4.78 is 0. The highest BCUT2D eigenvalue weighted by Crippen LogP contribution is 2.24. The van der Waals surface area contributed by atoms with Gasteiger partial charge in [-0.05, 0) is 48.0 Å². The molecule has 1 aliphatic heterocycles. The number of hydrogen-bond donors (Lipinski definition) is 1. The lowest BCUT2D eigenvalue weighted by Gasteiger charge is -2.22. The van der Waals surface area contributed by atoms with Crippen LogP contribution in [0.15, 0.2) is 54.1 Å². The van der Waals surface area contributed by atoms with Gasteiger partial charge in [-0.15, -0.1) is 23.2 Å². The molecule has 3 rings (SSSR count). The zero-order valence-corrected chi connectivity index (χ0v) is 17.1. The predicted octanol–water partition coefficient (Wildman–Crippen LogP) is 4.09. The van der Waals surface area contributed by atoms with Gasteiger partial charge in [0.2, 0.25) is 0 Å². The zero-order valence-electron chi connectivity index (χ0n) is 14.9. The third kappa shape index (κ3) is 4.61. The molecule has 8 heteroatoms. The maximum Gasteiger partial charge on any atom is 0.282 e. The van der Waals surface area contributed by atoms with E-state index in [1.54, 1.807) is 30.3 Å². The van der Waals surface area contributed by atoms with Crippen LogP contribution in [-0.2, 0) is 9.59 Å². The summed E-state index contributed by atoms with van der Waals surface area (Å²) in [6, 6.07) is 14.2. The highest BCUT2D eigenvalue weighted by molar-refractivity contribution is 6.32. The third-order valence-electron chi connectivity index (χ3n) is 4.25. The average Bonchev–Trinajstić information content (AvgIpc) is 2.97. The van der Waals surface area contributed by atoms with Crippen LogP contribution in [-0.4, -0.2) is 36.7 Å². The first kappa shape index (κ1) is 20.5. The first-order valence-electron chi connectivity index (χ1n) is 8.63. The van der Waals surface area contributed by atoms with E-state index in [4.69, 9.17) is 34.8 Å². The topological polar surface area (TPSA) is 52.7 Å². The monoisotopic (exact) mass is 437 g/mol. The SMILES string of the molecule is O=C1NN(c2ccc(Cl)cc2)C(=O)C1=Cc1ccc(N(CCCl)CCCl)cc1. The number of hydrogen-bond acceptors (Lipinski definition) is 3. The van der Waals surface area contributed by atoms with Crippen LogP contribution >= 0.6 is 34.8 Å². The minimum absolute atomic E-state index is 0.0704. The van der Waals surface area contributed by atoms with E-state index in [1.807, 2.05) is 24.3 Å². The summed E-state index contributed by atoms with van der Waals surface area (Å²) in [5.74, 6) is 0.132. The Morgan fingerprint density at radius 3 is 2.11 bits per heavy atom. The lowest BCUT2D eigenvalue weighted by molar-refractivity contribution is -0.117. The number of anilines is 2. The smallest absolute Gasteiger partial charge is 0.282 e. The van der Waals surface area contributed by atoms with Crippen molar-refractivity contribution in [3.8, 4) is 0 Å². The quantitative estimate of drug-likeness (QED) is 0.402. The van der Waals surface area contributed by atoms with Gasteiger partial charge in [-0.1, -0.05) is 23.7 Å². The number of rotatable bonds is 7. The summed E-state index contributed by atoms with van der Waals surface area (Å²) in [5, 5.41) is 1.76. The molecule has 1 heterocycles. The van der Waals surface area contributed by atoms with Gasteiger partial charge in [0.05, 0.1) is 5.69 Å². The molecule has 0 aromatic heterocycles.